The molecule has 1 saturated heterocycles. The van der Waals surface area contributed by atoms with E-state index < -0.39 is 28.2 Å². The smallest absolute Gasteiger partial charge is 0.295 e. The fourth-order valence-electron chi connectivity index (χ4n) is 5.31. The van der Waals surface area contributed by atoms with Crippen LogP contribution in [0.15, 0.2) is 39.7 Å². The number of nitrogens with zero attached hydrogens (tertiary/aromatic N) is 6. The molecule has 2 unspecified atom stereocenters. The molecule has 2 atom stereocenters. The number of amides is 1. The normalized spacial score (nSPS) is 18.5. The topological polar surface area (TPSA) is 128 Å². The molecule has 1 saturated carbocycles. The van der Waals surface area contributed by atoms with Crippen LogP contribution in [0.3, 0.4) is 0 Å². The number of hydrogen-bond acceptors (Lipinski definition) is 8. The van der Waals surface area contributed by atoms with Crippen LogP contribution in [-0.4, -0.2) is 54.3 Å². The second-order valence-corrected chi connectivity index (χ2v) is 13.5. The van der Waals surface area contributed by atoms with Crippen LogP contribution in [0.25, 0.3) is 22.3 Å². The Bertz CT molecular complexity index is 1830. The Morgan fingerprint density at radius 2 is 1.95 bits per heavy atom. The molecule has 6 rings (SSSR count). The van der Waals surface area contributed by atoms with E-state index in [1.165, 1.54) is 11.6 Å². The Kier molecular flexibility index (Phi) is 7.67. The molecule has 0 radical (unpaired) electrons. The molecule has 0 spiro atoms. The first-order chi connectivity index (χ1) is 20.6. The molecule has 0 bridgehead atoms. The summed E-state index contributed by atoms with van der Waals surface area (Å²) >= 11 is 0. The number of anilines is 3. The van der Waals surface area contributed by atoms with Gasteiger partial charge in [0.25, 0.3) is 6.43 Å². The second-order valence-electron chi connectivity index (χ2n) is 11.0. The van der Waals surface area contributed by atoms with Crippen LogP contribution in [0.5, 0.6) is 0 Å². The van der Waals surface area contributed by atoms with Crippen molar-refractivity contribution in [3.8, 4) is 11.1 Å². The number of fused-ring (bicyclic) bond motifs is 1. The Morgan fingerprint density at radius 1 is 1.16 bits per heavy atom. The number of pyridine rings is 1. The van der Waals surface area contributed by atoms with Gasteiger partial charge in [-0.1, -0.05) is 6.07 Å². The molecule has 2 aliphatic rings. The van der Waals surface area contributed by atoms with Gasteiger partial charge in [-0.15, -0.1) is 0 Å². The molecule has 1 aliphatic carbocycles. The van der Waals surface area contributed by atoms with E-state index in [0.29, 0.717) is 29.3 Å². The molecule has 11 nitrogen and oxygen atoms in total. The number of aromatic nitrogens is 5. The van der Waals surface area contributed by atoms with Crippen molar-refractivity contribution < 1.29 is 22.5 Å². The lowest BCUT2D eigenvalue weighted by atomic mass is 10.1. The number of carbonyl (C=O) groups excluding carboxylic acids is 1. The number of hydrogen-bond donors (Lipinski definition) is 2. The SMILES string of the molecule is CN=S(C)(=O)c1cc(-c2cnn(C)c2C)ccc1Nc1cc(NC(=O)C2CC2)nc2c1nc(C(F)F)n2C1CCCCO1. The fourth-order valence-corrected chi connectivity index (χ4v) is 6.38. The minimum Gasteiger partial charge on any atom is -0.358 e. The summed E-state index contributed by atoms with van der Waals surface area (Å²) < 4.78 is 55.7. The van der Waals surface area contributed by atoms with Gasteiger partial charge < -0.3 is 15.4 Å². The highest BCUT2D eigenvalue weighted by molar-refractivity contribution is 7.93. The van der Waals surface area contributed by atoms with Crippen LogP contribution in [0.4, 0.5) is 26.0 Å². The number of aryl methyl sites for hydroxylation is 1. The third-order valence-electron chi connectivity index (χ3n) is 8.07. The van der Waals surface area contributed by atoms with Crippen molar-refractivity contribution >= 4 is 44.0 Å². The first kappa shape index (κ1) is 29.2. The predicted octanol–water partition coefficient (Wildman–Crippen LogP) is 5.96. The van der Waals surface area contributed by atoms with Crippen molar-refractivity contribution in [2.24, 2.45) is 17.3 Å². The average molecular weight is 613 g/mol. The number of nitrogens with one attached hydrogen (secondary N) is 2. The monoisotopic (exact) mass is 612 g/mol. The molecule has 14 heteroatoms. The van der Waals surface area contributed by atoms with Gasteiger partial charge in [-0.2, -0.15) is 5.10 Å². The number of alkyl halides is 2. The van der Waals surface area contributed by atoms with Crippen molar-refractivity contribution in [1.29, 1.82) is 0 Å². The molecule has 2 N–H and O–H groups in total. The summed E-state index contributed by atoms with van der Waals surface area (Å²) in [7, 11) is 0.468. The molecule has 4 aromatic rings. The summed E-state index contributed by atoms with van der Waals surface area (Å²) in [4.78, 5) is 22.1. The van der Waals surface area contributed by atoms with Crippen LogP contribution in [-0.2, 0) is 26.3 Å². The maximum Gasteiger partial charge on any atom is 0.295 e. The standard InChI is InChI=1S/C29H34F2N8O3S/c1-16-19(15-33-38(16)3)18-10-11-20(22(13-18)43(4,41)32-2)34-21-14-23(36-29(40)17-8-9-17)35-27-25(21)37-28(26(30)31)39(27)24-7-5-6-12-42-24/h10-11,13-15,17,24,26H,5-9,12H2,1-4H3,(H2,34,35,36,40). The lowest BCUT2D eigenvalue weighted by molar-refractivity contribution is -0.117. The maximum absolute atomic E-state index is 14.4. The molecule has 1 aromatic carbocycles. The summed E-state index contributed by atoms with van der Waals surface area (Å²) in [5, 5.41) is 10.4. The minimum absolute atomic E-state index is 0.0943. The van der Waals surface area contributed by atoms with Gasteiger partial charge in [0.1, 0.15) is 17.6 Å². The van der Waals surface area contributed by atoms with Gasteiger partial charge in [-0.25, -0.2) is 27.3 Å². The van der Waals surface area contributed by atoms with Gasteiger partial charge >= 0.3 is 0 Å². The number of carbonyl (C=O) groups is 1. The fraction of sp³-hybridized carbons (Fsp3) is 0.448. The molecular formula is C29H34F2N8O3S. The van der Waals surface area contributed by atoms with Crippen LogP contribution in [0.2, 0.25) is 0 Å². The van der Waals surface area contributed by atoms with Crippen LogP contribution in [0.1, 0.15) is 56.3 Å². The van der Waals surface area contributed by atoms with E-state index in [9.17, 15) is 17.8 Å². The maximum atomic E-state index is 14.4. The van der Waals surface area contributed by atoms with Crippen molar-refractivity contribution in [2.45, 2.75) is 56.6 Å². The molecule has 4 heterocycles. The zero-order valence-electron chi connectivity index (χ0n) is 24.4. The number of ether oxygens (including phenoxy) is 1. The summed E-state index contributed by atoms with van der Waals surface area (Å²) in [6, 6.07) is 7.01. The van der Waals surface area contributed by atoms with Crippen molar-refractivity contribution in [1.82, 2.24) is 24.3 Å². The van der Waals surface area contributed by atoms with E-state index in [4.69, 9.17) is 4.74 Å². The second kappa shape index (κ2) is 11.3. The van der Waals surface area contributed by atoms with E-state index in [0.717, 1.165) is 42.5 Å². The summed E-state index contributed by atoms with van der Waals surface area (Å²) in [5.41, 5.74) is 3.75. The number of halogens is 2. The largest absolute Gasteiger partial charge is 0.358 e. The first-order valence-electron chi connectivity index (χ1n) is 14.2. The van der Waals surface area contributed by atoms with Gasteiger partial charge in [0, 0.05) is 50.2 Å². The Hall–Kier alpha value is -3.91. The predicted molar refractivity (Wildman–Crippen MR) is 160 cm³/mol. The minimum atomic E-state index is -2.89. The highest BCUT2D eigenvalue weighted by atomic mass is 32.2. The van der Waals surface area contributed by atoms with Crippen LogP contribution >= 0.6 is 0 Å². The summed E-state index contributed by atoms with van der Waals surface area (Å²) in [6.07, 6.45) is 3.51. The van der Waals surface area contributed by atoms with E-state index in [-0.39, 0.29) is 28.8 Å². The van der Waals surface area contributed by atoms with Crippen LogP contribution in [0, 0.1) is 12.8 Å². The third kappa shape index (κ3) is 5.60. The van der Waals surface area contributed by atoms with Gasteiger partial charge in [-0.05, 0) is 56.7 Å². The molecule has 43 heavy (non-hydrogen) atoms. The van der Waals surface area contributed by atoms with Crippen molar-refractivity contribution in [2.75, 3.05) is 30.5 Å². The third-order valence-corrected chi connectivity index (χ3v) is 9.92. The quantitative estimate of drug-likeness (QED) is 0.251. The highest BCUT2D eigenvalue weighted by Gasteiger charge is 2.32. The molecule has 228 valence electrons. The lowest BCUT2D eigenvalue weighted by Gasteiger charge is -2.25. The zero-order valence-corrected chi connectivity index (χ0v) is 25.3. The van der Waals surface area contributed by atoms with E-state index >= 15 is 0 Å². The number of rotatable bonds is 8. The van der Waals surface area contributed by atoms with Gasteiger partial charge in [0.15, 0.2) is 11.5 Å². The number of benzene rings is 1. The van der Waals surface area contributed by atoms with E-state index in [2.05, 4.69) is 30.1 Å². The van der Waals surface area contributed by atoms with Gasteiger partial charge in [0.05, 0.1) is 32.2 Å². The Balaban J connectivity index is 1.52. The average Bonchev–Trinajstić information content (AvgIpc) is 3.70. The van der Waals surface area contributed by atoms with Crippen molar-refractivity contribution in [3.63, 3.8) is 0 Å². The van der Waals surface area contributed by atoms with Crippen molar-refractivity contribution in [3.05, 3.63) is 42.0 Å². The number of imidazole rings is 1. The molecule has 1 amide bonds. The molecule has 3 aromatic heterocycles. The van der Waals surface area contributed by atoms with E-state index in [1.807, 2.05) is 20.0 Å². The van der Waals surface area contributed by atoms with Gasteiger partial charge in [-0.3, -0.25) is 14.0 Å². The summed E-state index contributed by atoms with van der Waals surface area (Å²) in [5.74, 6) is -0.534. The van der Waals surface area contributed by atoms with Crippen LogP contribution < -0.4 is 10.6 Å². The highest BCUT2D eigenvalue weighted by Crippen LogP contribution is 2.39. The Morgan fingerprint density at radius 3 is 2.58 bits per heavy atom. The lowest BCUT2D eigenvalue weighted by Crippen LogP contribution is -2.21. The van der Waals surface area contributed by atoms with Gasteiger partial charge in [0.2, 0.25) is 5.91 Å². The summed E-state index contributed by atoms with van der Waals surface area (Å²) in [6.45, 7) is 2.38. The van der Waals surface area contributed by atoms with E-state index in [1.54, 1.807) is 35.3 Å². The first-order valence-corrected chi connectivity index (χ1v) is 16.1. The Labute approximate surface area is 248 Å². The molecule has 2 fully saturated rings. The zero-order chi connectivity index (χ0) is 30.5. The molecular weight excluding hydrogens is 578 g/mol. The molecule has 1 aliphatic heterocycles.